The van der Waals surface area contributed by atoms with Crippen LogP contribution in [0.3, 0.4) is 0 Å². The first-order valence-corrected chi connectivity index (χ1v) is 5.95. The molecule has 0 bridgehead atoms. The molecule has 2 N–H and O–H groups in total. The highest BCUT2D eigenvalue weighted by molar-refractivity contribution is 5.90. The molecular formula is C14H14N2O3. The summed E-state index contributed by atoms with van der Waals surface area (Å²) in [4.78, 5) is 24.3. The van der Waals surface area contributed by atoms with Crippen LogP contribution < -0.4 is 5.32 Å². The first kappa shape index (κ1) is 13.0. The molecule has 2 amide bonds. The minimum absolute atomic E-state index is 0.246. The third kappa shape index (κ3) is 3.05. The molecule has 1 aliphatic heterocycles. The van der Waals surface area contributed by atoms with E-state index in [-0.39, 0.29) is 12.6 Å². The maximum Gasteiger partial charge on any atom is 0.321 e. The molecule has 1 aromatic rings. The number of urea groups is 1. The van der Waals surface area contributed by atoms with Gasteiger partial charge in [0.05, 0.1) is 5.92 Å². The van der Waals surface area contributed by atoms with Gasteiger partial charge in [-0.25, -0.2) is 4.79 Å². The Morgan fingerprint density at radius 2 is 2.26 bits per heavy atom. The number of aliphatic carboxylic acids is 1. The van der Waals surface area contributed by atoms with E-state index in [1.54, 1.807) is 24.3 Å². The van der Waals surface area contributed by atoms with Crippen LogP contribution in [0.15, 0.2) is 24.3 Å². The van der Waals surface area contributed by atoms with Crippen LogP contribution in [0.25, 0.3) is 0 Å². The number of carbonyl (C=O) groups is 2. The highest BCUT2D eigenvalue weighted by Gasteiger charge is 2.30. The quantitative estimate of drug-likeness (QED) is 0.792. The Morgan fingerprint density at radius 1 is 1.47 bits per heavy atom. The largest absolute Gasteiger partial charge is 0.481 e. The number of carbonyl (C=O) groups excluding carboxylic acids is 1. The molecule has 1 aliphatic rings. The highest BCUT2D eigenvalue weighted by atomic mass is 16.4. The van der Waals surface area contributed by atoms with Crippen molar-refractivity contribution in [3.05, 3.63) is 29.8 Å². The van der Waals surface area contributed by atoms with E-state index in [4.69, 9.17) is 11.5 Å². The number of terminal acetylenes is 1. The fraction of sp³-hybridized carbons (Fsp3) is 0.286. The Balaban J connectivity index is 1.98. The van der Waals surface area contributed by atoms with Crippen molar-refractivity contribution in [1.82, 2.24) is 4.90 Å². The van der Waals surface area contributed by atoms with Gasteiger partial charge in [0.25, 0.3) is 0 Å². The summed E-state index contributed by atoms with van der Waals surface area (Å²) in [5.74, 6) is 1.16. The Morgan fingerprint density at radius 3 is 2.89 bits per heavy atom. The van der Waals surface area contributed by atoms with E-state index in [1.165, 1.54) is 4.90 Å². The second-order valence-corrected chi connectivity index (χ2v) is 4.43. The van der Waals surface area contributed by atoms with Crippen molar-refractivity contribution in [1.29, 1.82) is 0 Å². The predicted octanol–water partition coefficient (Wildman–Crippen LogP) is 1.61. The number of hydrogen-bond acceptors (Lipinski definition) is 2. The molecule has 0 spiro atoms. The molecule has 0 aliphatic carbocycles. The number of benzene rings is 1. The summed E-state index contributed by atoms with van der Waals surface area (Å²) in [6.07, 6.45) is 5.78. The van der Waals surface area contributed by atoms with Crippen molar-refractivity contribution in [2.45, 2.75) is 6.42 Å². The summed E-state index contributed by atoms with van der Waals surface area (Å²) in [5.41, 5.74) is 1.29. The van der Waals surface area contributed by atoms with Crippen molar-refractivity contribution in [3.63, 3.8) is 0 Å². The lowest BCUT2D eigenvalue weighted by molar-refractivity contribution is -0.141. The molecule has 0 radical (unpaired) electrons. The summed E-state index contributed by atoms with van der Waals surface area (Å²) in [5, 5.41) is 11.6. The molecule has 5 nitrogen and oxygen atoms in total. The zero-order valence-corrected chi connectivity index (χ0v) is 10.3. The van der Waals surface area contributed by atoms with Gasteiger partial charge in [0, 0.05) is 24.3 Å². The summed E-state index contributed by atoms with van der Waals surface area (Å²) >= 11 is 0. The number of amides is 2. The standard InChI is InChI=1S/C14H14N2O3/c1-2-10-4-3-5-12(8-10)15-14(19)16-7-6-11(9-16)13(17)18/h1,3-5,8,11H,6-7,9H2,(H,15,19)(H,17,18). The van der Waals surface area contributed by atoms with E-state index in [9.17, 15) is 9.59 Å². The van der Waals surface area contributed by atoms with Crippen LogP contribution >= 0.6 is 0 Å². The normalized spacial score (nSPS) is 17.8. The molecular weight excluding hydrogens is 244 g/mol. The van der Waals surface area contributed by atoms with Gasteiger partial charge < -0.3 is 15.3 Å². The number of anilines is 1. The van der Waals surface area contributed by atoms with E-state index >= 15 is 0 Å². The van der Waals surface area contributed by atoms with Gasteiger partial charge in [-0.3, -0.25) is 4.79 Å². The minimum Gasteiger partial charge on any atom is -0.481 e. The first-order chi connectivity index (χ1) is 9.10. The minimum atomic E-state index is -0.857. The maximum atomic E-state index is 12.0. The van der Waals surface area contributed by atoms with Crippen LogP contribution in [0, 0.1) is 18.3 Å². The monoisotopic (exact) mass is 258 g/mol. The van der Waals surface area contributed by atoms with E-state index in [0.717, 1.165) is 0 Å². The fourth-order valence-corrected chi connectivity index (χ4v) is 2.04. The Bertz CT molecular complexity index is 548. The molecule has 98 valence electrons. The molecule has 1 aromatic carbocycles. The molecule has 19 heavy (non-hydrogen) atoms. The van der Waals surface area contributed by atoms with Crippen molar-refractivity contribution in [2.75, 3.05) is 18.4 Å². The maximum absolute atomic E-state index is 12.0. The van der Waals surface area contributed by atoms with Gasteiger partial charge in [0.15, 0.2) is 0 Å². The Kier molecular flexibility index (Phi) is 3.71. The molecule has 1 fully saturated rings. The van der Waals surface area contributed by atoms with Gasteiger partial charge in [-0.1, -0.05) is 12.0 Å². The van der Waals surface area contributed by atoms with Crippen LogP contribution in [0.2, 0.25) is 0 Å². The zero-order chi connectivity index (χ0) is 13.8. The summed E-state index contributed by atoms with van der Waals surface area (Å²) in [6.45, 7) is 0.702. The smallest absolute Gasteiger partial charge is 0.321 e. The second kappa shape index (κ2) is 5.44. The van der Waals surface area contributed by atoms with Gasteiger partial charge in [0.2, 0.25) is 0 Å². The van der Waals surface area contributed by atoms with Crippen molar-refractivity contribution in [3.8, 4) is 12.3 Å². The second-order valence-electron chi connectivity index (χ2n) is 4.43. The van der Waals surface area contributed by atoms with Gasteiger partial charge in [-0.05, 0) is 24.6 Å². The van der Waals surface area contributed by atoms with Crippen LogP contribution in [0.1, 0.15) is 12.0 Å². The topological polar surface area (TPSA) is 69.6 Å². The number of hydrogen-bond donors (Lipinski definition) is 2. The molecule has 2 rings (SSSR count). The lowest BCUT2D eigenvalue weighted by atomic mass is 10.1. The number of rotatable bonds is 2. The SMILES string of the molecule is C#Cc1cccc(NC(=O)N2CCC(C(=O)O)C2)c1. The molecule has 1 saturated heterocycles. The van der Waals surface area contributed by atoms with Gasteiger partial charge >= 0.3 is 12.0 Å². The van der Waals surface area contributed by atoms with Crippen LogP contribution in [-0.4, -0.2) is 35.1 Å². The van der Waals surface area contributed by atoms with Gasteiger partial charge in [0.1, 0.15) is 0 Å². The average Bonchev–Trinajstić information content (AvgIpc) is 2.89. The van der Waals surface area contributed by atoms with Crippen LogP contribution in [-0.2, 0) is 4.79 Å². The molecule has 1 atom stereocenters. The number of likely N-dealkylation sites (tertiary alicyclic amines) is 1. The molecule has 1 heterocycles. The number of nitrogens with zero attached hydrogens (tertiary/aromatic N) is 1. The van der Waals surface area contributed by atoms with E-state index in [2.05, 4.69) is 11.2 Å². The van der Waals surface area contributed by atoms with Crippen molar-refractivity contribution in [2.24, 2.45) is 5.92 Å². The molecule has 0 aromatic heterocycles. The first-order valence-electron chi connectivity index (χ1n) is 5.95. The Hall–Kier alpha value is -2.48. The third-order valence-corrected chi connectivity index (χ3v) is 3.11. The van der Waals surface area contributed by atoms with Gasteiger partial charge in [-0.2, -0.15) is 0 Å². The van der Waals surface area contributed by atoms with E-state index in [0.29, 0.717) is 24.2 Å². The predicted molar refractivity (Wildman–Crippen MR) is 70.7 cm³/mol. The molecule has 1 unspecified atom stereocenters. The summed E-state index contributed by atoms with van der Waals surface area (Å²) in [6, 6.07) is 6.67. The van der Waals surface area contributed by atoms with Crippen molar-refractivity contribution >= 4 is 17.7 Å². The molecule has 5 heteroatoms. The van der Waals surface area contributed by atoms with E-state index < -0.39 is 11.9 Å². The average molecular weight is 258 g/mol. The number of carboxylic acid groups (broad SMARTS) is 1. The lowest BCUT2D eigenvalue weighted by Crippen LogP contribution is -2.33. The van der Waals surface area contributed by atoms with E-state index in [1.807, 2.05) is 0 Å². The Labute approximate surface area is 111 Å². The zero-order valence-electron chi connectivity index (χ0n) is 10.3. The summed E-state index contributed by atoms with van der Waals surface area (Å²) in [7, 11) is 0. The van der Waals surface area contributed by atoms with Crippen molar-refractivity contribution < 1.29 is 14.7 Å². The lowest BCUT2D eigenvalue weighted by Gasteiger charge is -2.16. The fourth-order valence-electron chi connectivity index (χ4n) is 2.04. The number of carboxylic acids is 1. The third-order valence-electron chi connectivity index (χ3n) is 3.11. The number of nitrogens with one attached hydrogen (secondary N) is 1. The summed E-state index contributed by atoms with van der Waals surface area (Å²) < 4.78 is 0. The van der Waals surface area contributed by atoms with Crippen LogP contribution in [0.5, 0.6) is 0 Å². The highest BCUT2D eigenvalue weighted by Crippen LogP contribution is 2.18. The molecule has 0 saturated carbocycles. The van der Waals surface area contributed by atoms with Gasteiger partial charge in [-0.15, -0.1) is 6.42 Å². The van der Waals surface area contributed by atoms with Crippen LogP contribution in [0.4, 0.5) is 10.5 Å².